The maximum Gasteiger partial charge on any atom is 0.306 e. The van der Waals surface area contributed by atoms with Gasteiger partial charge in [-0.3, -0.25) is 4.79 Å². The van der Waals surface area contributed by atoms with Crippen molar-refractivity contribution in [2.24, 2.45) is 5.92 Å². The van der Waals surface area contributed by atoms with Gasteiger partial charge in [-0.25, -0.2) is 0 Å². The van der Waals surface area contributed by atoms with Crippen molar-refractivity contribution in [3.05, 3.63) is 23.8 Å². The quantitative estimate of drug-likeness (QED) is 0.821. The van der Waals surface area contributed by atoms with Gasteiger partial charge in [-0.05, 0) is 18.1 Å². The van der Waals surface area contributed by atoms with Crippen LogP contribution in [0.2, 0.25) is 0 Å². The number of hydrogen-bond acceptors (Lipinski definition) is 3. The molecule has 0 amide bonds. The normalized spacial score (nSPS) is 15.0. The van der Waals surface area contributed by atoms with Crippen molar-refractivity contribution >= 4 is 5.97 Å². The zero-order valence-electron chi connectivity index (χ0n) is 8.40. The lowest BCUT2D eigenvalue weighted by Crippen LogP contribution is -2.12. The van der Waals surface area contributed by atoms with E-state index in [4.69, 9.17) is 14.6 Å². The molecule has 4 heteroatoms. The smallest absolute Gasteiger partial charge is 0.306 e. The average Bonchev–Trinajstić information content (AvgIpc) is 2.66. The molecule has 0 aliphatic carbocycles. The van der Waals surface area contributed by atoms with E-state index in [9.17, 15) is 4.79 Å². The fraction of sp³-hybridized carbons (Fsp3) is 0.364. The third kappa shape index (κ3) is 1.88. The summed E-state index contributed by atoms with van der Waals surface area (Å²) in [5.41, 5.74) is 0.889. The molecule has 0 bridgehead atoms. The number of para-hydroxylation sites is 1. The highest BCUT2D eigenvalue weighted by atomic mass is 16.7. The van der Waals surface area contributed by atoms with Crippen molar-refractivity contribution in [1.29, 1.82) is 0 Å². The van der Waals surface area contributed by atoms with Crippen LogP contribution in [-0.4, -0.2) is 17.9 Å². The Labute approximate surface area is 87.4 Å². The molecule has 1 aromatic carbocycles. The number of aliphatic carboxylic acids is 1. The molecule has 0 saturated carbocycles. The molecular weight excluding hydrogens is 196 g/mol. The Morgan fingerprint density at radius 3 is 3.07 bits per heavy atom. The van der Waals surface area contributed by atoms with E-state index in [-0.39, 0.29) is 6.79 Å². The molecule has 0 spiro atoms. The van der Waals surface area contributed by atoms with Crippen LogP contribution in [0.3, 0.4) is 0 Å². The van der Waals surface area contributed by atoms with Gasteiger partial charge in [-0.15, -0.1) is 0 Å². The van der Waals surface area contributed by atoms with Crippen molar-refractivity contribution in [3.8, 4) is 11.5 Å². The minimum atomic E-state index is -0.800. The van der Waals surface area contributed by atoms with E-state index in [2.05, 4.69) is 0 Å². The van der Waals surface area contributed by atoms with Gasteiger partial charge >= 0.3 is 5.97 Å². The molecular formula is C11H12O4. The lowest BCUT2D eigenvalue weighted by Gasteiger charge is -2.08. The lowest BCUT2D eigenvalue weighted by molar-refractivity contribution is -0.141. The minimum absolute atomic E-state index is 0.216. The van der Waals surface area contributed by atoms with Gasteiger partial charge in [0.2, 0.25) is 6.79 Å². The Bertz CT molecular complexity index is 386. The summed E-state index contributed by atoms with van der Waals surface area (Å²) in [5.74, 6) is 0.169. The number of ether oxygens (including phenoxy) is 2. The minimum Gasteiger partial charge on any atom is -0.481 e. The van der Waals surface area contributed by atoms with Crippen LogP contribution >= 0.6 is 0 Å². The lowest BCUT2D eigenvalue weighted by atomic mass is 10.0. The molecule has 1 atom stereocenters. The third-order valence-electron chi connectivity index (χ3n) is 2.43. The highest BCUT2D eigenvalue weighted by Gasteiger charge is 2.20. The van der Waals surface area contributed by atoms with E-state index in [0.717, 1.165) is 5.56 Å². The Morgan fingerprint density at radius 1 is 1.53 bits per heavy atom. The van der Waals surface area contributed by atoms with Gasteiger partial charge in [0.05, 0.1) is 5.92 Å². The molecule has 1 aromatic rings. The van der Waals surface area contributed by atoms with Gasteiger partial charge in [0.1, 0.15) is 0 Å². The maximum absolute atomic E-state index is 10.7. The number of hydrogen-bond donors (Lipinski definition) is 1. The number of benzene rings is 1. The van der Waals surface area contributed by atoms with Crippen LogP contribution in [0.25, 0.3) is 0 Å². The molecule has 2 rings (SSSR count). The molecule has 0 radical (unpaired) electrons. The Balaban J connectivity index is 2.22. The molecule has 15 heavy (non-hydrogen) atoms. The molecule has 1 heterocycles. The zero-order valence-corrected chi connectivity index (χ0v) is 8.40. The van der Waals surface area contributed by atoms with E-state index in [1.165, 1.54) is 0 Å². The summed E-state index contributed by atoms with van der Waals surface area (Å²) < 4.78 is 10.5. The second-order valence-electron chi connectivity index (χ2n) is 3.59. The van der Waals surface area contributed by atoms with Gasteiger partial charge in [0, 0.05) is 0 Å². The van der Waals surface area contributed by atoms with Crippen LogP contribution in [0.4, 0.5) is 0 Å². The van der Waals surface area contributed by atoms with Gasteiger partial charge in [0.25, 0.3) is 0 Å². The SMILES string of the molecule is C[C@H](Cc1cccc2c1OCO2)C(=O)O. The Hall–Kier alpha value is -1.71. The van der Waals surface area contributed by atoms with Crippen LogP contribution in [-0.2, 0) is 11.2 Å². The van der Waals surface area contributed by atoms with Crippen LogP contribution in [0.5, 0.6) is 11.5 Å². The summed E-state index contributed by atoms with van der Waals surface area (Å²) in [6.45, 7) is 1.89. The molecule has 0 fully saturated rings. The molecule has 0 saturated heterocycles. The predicted octanol–water partition coefficient (Wildman–Crippen LogP) is 1.68. The molecule has 1 aliphatic rings. The largest absolute Gasteiger partial charge is 0.481 e. The number of carboxylic acids is 1. The fourth-order valence-electron chi connectivity index (χ4n) is 1.57. The standard InChI is InChI=1S/C11H12O4/c1-7(11(12)13)5-8-3-2-4-9-10(8)15-6-14-9/h2-4,7H,5-6H2,1H3,(H,12,13)/t7-/m1/s1. The summed E-state index contributed by atoms with van der Waals surface area (Å²) in [4.78, 5) is 10.7. The van der Waals surface area contributed by atoms with E-state index in [1.807, 2.05) is 18.2 Å². The van der Waals surface area contributed by atoms with E-state index < -0.39 is 11.9 Å². The van der Waals surface area contributed by atoms with Gasteiger partial charge in [0.15, 0.2) is 11.5 Å². The maximum atomic E-state index is 10.7. The first-order valence-electron chi connectivity index (χ1n) is 4.79. The van der Waals surface area contributed by atoms with E-state index >= 15 is 0 Å². The van der Waals surface area contributed by atoms with Crippen LogP contribution in [0.15, 0.2) is 18.2 Å². The summed E-state index contributed by atoms with van der Waals surface area (Å²) in [6, 6.07) is 5.53. The third-order valence-corrected chi connectivity index (χ3v) is 2.43. The first-order valence-corrected chi connectivity index (χ1v) is 4.79. The molecule has 0 aromatic heterocycles. The molecule has 80 valence electrons. The summed E-state index contributed by atoms with van der Waals surface area (Å²) in [5, 5.41) is 8.82. The van der Waals surface area contributed by atoms with Crippen LogP contribution < -0.4 is 9.47 Å². The number of carbonyl (C=O) groups is 1. The zero-order chi connectivity index (χ0) is 10.8. The first-order chi connectivity index (χ1) is 7.18. The molecule has 0 unspecified atom stereocenters. The Morgan fingerprint density at radius 2 is 2.33 bits per heavy atom. The number of fused-ring (bicyclic) bond motifs is 1. The molecule has 4 nitrogen and oxygen atoms in total. The number of rotatable bonds is 3. The van der Waals surface area contributed by atoms with Gasteiger partial charge in [-0.1, -0.05) is 19.1 Å². The summed E-state index contributed by atoms with van der Waals surface area (Å²) >= 11 is 0. The summed E-state index contributed by atoms with van der Waals surface area (Å²) in [6.07, 6.45) is 0.460. The predicted molar refractivity (Wildman–Crippen MR) is 53.1 cm³/mol. The van der Waals surface area contributed by atoms with Crippen molar-refractivity contribution < 1.29 is 19.4 Å². The van der Waals surface area contributed by atoms with Crippen LogP contribution in [0.1, 0.15) is 12.5 Å². The Kier molecular flexibility index (Phi) is 2.49. The van der Waals surface area contributed by atoms with E-state index in [0.29, 0.717) is 17.9 Å². The average molecular weight is 208 g/mol. The number of carboxylic acid groups (broad SMARTS) is 1. The van der Waals surface area contributed by atoms with Crippen LogP contribution in [0, 0.1) is 5.92 Å². The second kappa shape index (κ2) is 3.81. The highest BCUT2D eigenvalue weighted by Crippen LogP contribution is 2.36. The van der Waals surface area contributed by atoms with Gasteiger partial charge in [-0.2, -0.15) is 0 Å². The second-order valence-corrected chi connectivity index (χ2v) is 3.59. The highest BCUT2D eigenvalue weighted by molar-refractivity contribution is 5.70. The van der Waals surface area contributed by atoms with Crippen molar-refractivity contribution in [2.45, 2.75) is 13.3 Å². The van der Waals surface area contributed by atoms with Crippen molar-refractivity contribution in [3.63, 3.8) is 0 Å². The molecule has 1 N–H and O–H groups in total. The van der Waals surface area contributed by atoms with Crippen molar-refractivity contribution in [1.82, 2.24) is 0 Å². The van der Waals surface area contributed by atoms with Gasteiger partial charge < -0.3 is 14.6 Å². The molecule has 1 aliphatic heterocycles. The van der Waals surface area contributed by atoms with Crippen molar-refractivity contribution in [2.75, 3.05) is 6.79 Å². The van der Waals surface area contributed by atoms with E-state index in [1.54, 1.807) is 6.92 Å². The fourth-order valence-corrected chi connectivity index (χ4v) is 1.57. The monoisotopic (exact) mass is 208 g/mol. The summed E-state index contributed by atoms with van der Waals surface area (Å²) in [7, 11) is 0. The first kappa shape index (κ1) is 9.83. The topological polar surface area (TPSA) is 55.8 Å².